The third-order valence-corrected chi connectivity index (χ3v) is 25.3. The summed E-state index contributed by atoms with van der Waals surface area (Å²) in [7, 11) is 0. The van der Waals surface area contributed by atoms with Gasteiger partial charge in [-0.2, -0.15) is 0 Å². The third kappa shape index (κ3) is 10.6. The third-order valence-electron chi connectivity index (χ3n) is 25.3. The van der Waals surface area contributed by atoms with E-state index in [0.29, 0.717) is 0 Å². The zero-order chi connectivity index (χ0) is 79.3. The number of benzene rings is 19. The molecule has 8 nitrogen and oxygen atoms in total. The average molecular weight is 1540 g/mol. The molecule has 560 valence electrons. The summed E-state index contributed by atoms with van der Waals surface area (Å²) >= 11 is 0. The molecule has 0 bridgehead atoms. The lowest BCUT2D eigenvalue weighted by molar-refractivity contribution is 1.18. The molecular formula is C113H68N8. The number of pyridine rings is 5. The van der Waals surface area contributed by atoms with E-state index in [-0.39, 0.29) is 0 Å². The van der Waals surface area contributed by atoms with E-state index in [1.165, 1.54) is 196 Å². The number of nitrogens with zero attached hydrogens (tertiary/aromatic N) is 8. The first kappa shape index (κ1) is 68.0. The minimum absolute atomic E-state index is 0.923. The van der Waals surface area contributed by atoms with Gasteiger partial charge in [-0.25, -0.2) is 0 Å². The molecule has 0 aliphatic carbocycles. The van der Waals surface area contributed by atoms with Crippen molar-refractivity contribution in [2.45, 2.75) is 0 Å². The molecule has 0 unspecified atom stereocenters. The van der Waals surface area contributed by atoms with Gasteiger partial charge in [0, 0.05) is 126 Å². The lowest BCUT2D eigenvalue weighted by atomic mass is 9.88. The van der Waals surface area contributed by atoms with E-state index in [0.717, 1.165) is 50.1 Å². The van der Waals surface area contributed by atoms with Crippen molar-refractivity contribution in [3.8, 4) is 73.0 Å². The van der Waals surface area contributed by atoms with Crippen LogP contribution in [0.2, 0.25) is 0 Å². The second-order valence-electron chi connectivity index (χ2n) is 31.7. The summed E-state index contributed by atoms with van der Waals surface area (Å²) in [6.07, 6.45) is 13.3. The Morgan fingerprint density at radius 1 is 0.174 bits per heavy atom. The summed E-state index contributed by atoms with van der Waals surface area (Å²) in [5.74, 6) is 0. The van der Waals surface area contributed by atoms with Crippen LogP contribution in [0, 0.1) is 0 Å². The van der Waals surface area contributed by atoms with Crippen LogP contribution in [-0.4, -0.2) is 38.6 Å². The van der Waals surface area contributed by atoms with Crippen LogP contribution in [0.4, 0.5) is 0 Å². The monoisotopic (exact) mass is 1540 g/mol. The van der Waals surface area contributed by atoms with Crippen molar-refractivity contribution in [1.29, 1.82) is 0 Å². The Kier molecular flexibility index (Phi) is 15.3. The van der Waals surface area contributed by atoms with Crippen LogP contribution in [0.15, 0.2) is 413 Å². The molecule has 8 aromatic heterocycles. The van der Waals surface area contributed by atoms with Gasteiger partial charge in [0.2, 0.25) is 0 Å². The minimum Gasteiger partial charge on any atom is -0.309 e. The molecule has 0 radical (unpaired) electrons. The van der Waals surface area contributed by atoms with Crippen molar-refractivity contribution in [2.24, 2.45) is 0 Å². The van der Waals surface area contributed by atoms with Gasteiger partial charge in [-0.3, -0.25) is 24.9 Å². The minimum atomic E-state index is 0.923. The van der Waals surface area contributed by atoms with Gasteiger partial charge in [0.25, 0.3) is 0 Å². The maximum atomic E-state index is 4.91. The number of aromatic nitrogens is 8. The standard InChI is InChI=1S/C42H25N3.C38H23N3.C33H20N2/c1-2-9-31(10-3-1)45-38-13-7-5-11-34(38)42-35-20-15-26-14-18-32(33-19-16-28(23-39(42)45)41(35)40(26)33)29-17-21-37(43-24-29)30-22-27-8-4-6-12-36(27)44-25-30;1-2-8-28(9-3-1)41-34-11-5-4-10-31(34)38-32-18-13-24-12-16-29(30-17-14-25(21-35(38)41)37(32)36(24)30)26-15-19-33(40-23-26)27-7-6-20-39-22-27;1-2-8-24(9-3-1)35-29-11-5-4-10-27(29)33-28-17-13-21-12-15-25(23-7-6-18-34-20-23)26-16-14-22(19-30(33)35)32(28)31(21)26/h1-25H;1-23H;1-20H. The van der Waals surface area contributed by atoms with Gasteiger partial charge in [0.05, 0.1) is 50.0 Å². The highest BCUT2D eigenvalue weighted by atomic mass is 15.0. The van der Waals surface area contributed by atoms with Crippen molar-refractivity contribution >= 4 is 173 Å². The fraction of sp³-hybridized carbons (Fsp3) is 0. The molecule has 0 aliphatic heterocycles. The second-order valence-corrected chi connectivity index (χ2v) is 31.7. The van der Waals surface area contributed by atoms with Crippen molar-refractivity contribution in [3.05, 3.63) is 413 Å². The highest BCUT2D eigenvalue weighted by Gasteiger charge is 2.25. The maximum Gasteiger partial charge on any atom is 0.0718 e. The predicted octanol–water partition coefficient (Wildman–Crippen LogP) is 29.5. The first-order chi connectivity index (χ1) is 60.0. The molecule has 19 aromatic carbocycles. The summed E-state index contributed by atoms with van der Waals surface area (Å²) in [5.41, 5.74) is 22.8. The summed E-state index contributed by atoms with van der Waals surface area (Å²) < 4.78 is 7.21. The maximum absolute atomic E-state index is 4.91. The Morgan fingerprint density at radius 2 is 0.504 bits per heavy atom. The van der Waals surface area contributed by atoms with Crippen molar-refractivity contribution in [3.63, 3.8) is 0 Å². The van der Waals surface area contributed by atoms with E-state index in [4.69, 9.17) is 9.97 Å². The van der Waals surface area contributed by atoms with Gasteiger partial charge in [-0.15, -0.1) is 0 Å². The Bertz CT molecular complexity index is 8790. The van der Waals surface area contributed by atoms with E-state index < -0.39 is 0 Å². The molecule has 27 aromatic rings. The molecule has 0 aliphatic rings. The van der Waals surface area contributed by atoms with Gasteiger partial charge >= 0.3 is 0 Å². The lowest BCUT2D eigenvalue weighted by Gasteiger charge is -2.16. The summed E-state index contributed by atoms with van der Waals surface area (Å²) in [6.45, 7) is 0. The lowest BCUT2D eigenvalue weighted by Crippen LogP contribution is -1.94. The zero-order valence-corrected chi connectivity index (χ0v) is 65.3. The summed E-state index contributed by atoms with van der Waals surface area (Å²) in [4.78, 5) is 23.0. The molecule has 0 spiro atoms. The molecule has 0 amide bonds. The van der Waals surface area contributed by atoms with E-state index in [1.807, 2.05) is 73.6 Å². The zero-order valence-electron chi connectivity index (χ0n) is 65.3. The molecule has 8 heterocycles. The van der Waals surface area contributed by atoms with Crippen LogP contribution in [0.3, 0.4) is 0 Å². The molecule has 0 atom stereocenters. The predicted molar refractivity (Wildman–Crippen MR) is 507 cm³/mol. The quantitative estimate of drug-likeness (QED) is 0.142. The highest BCUT2D eigenvalue weighted by molar-refractivity contribution is 6.37. The van der Waals surface area contributed by atoms with Gasteiger partial charge < -0.3 is 13.7 Å². The van der Waals surface area contributed by atoms with E-state index in [2.05, 4.69) is 362 Å². The van der Waals surface area contributed by atoms with Crippen LogP contribution in [0.25, 0.3) is 246 Å². The molecule has 8 heteroatoms. The van der Waals surface area contributed by atoms with Gasteiger partial charge in [0.15, 0.2) is 0 Å². The van der Waals surface area contributed by atoms with E-state index in [1.54, 1.807) is 6.20 Å². The van der Waals surface area contributed by atoms with Crippen molar-refractivity contribution < 1.29 is 0 Å². The number of para-hydroxylation sites is 7. The largest absolute Gasteiger partial charge is 0.309 e. The smallest absolute Gasteiger partial charge is 0.0718 e. The first-order valence-electron chi connectivity index (χ1n) is 41.2. The fourth-order valence-electron chi connectivity index (χ4n) is 20.0. The number of fused-ring (bicyclic) bond motifs is 13. The molecule has 0 fully saturated rings. The van der Waals surface area contributed by atoms with Crippen LogP contribution < -0.4 is 0 Å². The van der Waals surface area contributed by atoms with E-state index >= 15 is 0 Å². The van der Waals surface area contributed by atoms with Gasteiger partial charge in [-0.1, -0.05) is 255 Å². The van der Waals surface area contributed by atoms with Crippen LogP contribution in [0.5, 0.6) is 0 Å². The van der Waals surface area contributed by atoms with Crippen LogP contribution in [0.1, 0.15) is 0 Å². The number of hydrogen-bond acceptors (Lipinski definition) is 5. The van der Waals surface area contributed by atoms with E-state index in [9.17, 15) is 0 Å². The molecule has 0 N–H and O–H groups in total. The molecule has 121 heavy (non-hydrogen) atoms. The number of rotatable bonds is 8. The topological polar surface area (TPSA) is 79.2 Å². The molecule has 0 saturated heterocycles. The SMILES string of the molecule is c1ccc(-n2c3ccccc3c3c4ccc5ccc(-c6ccc(-c7cccnc7)nc6)c6ccc(cc32)c4c56)cc1.c1ccc(-n2c3ccccc3c3c4ccc5ccc(-c6ccc(-c7cnc8ccccc8c7)nc6)c6ccc(cc32)c4c56)cc1.c1ccc(-n2c3ccccc3c3c4ccc5ccc(-c6cccnc6)c6ccc(cc32)c4c56)cc1. The van der Waals surface area contributed by atoms with Crippen molar-refractivity contribution in [2.75, 3.05) is 0 Å². The van der Waals surface area contributed by atoms with Crippen LogP contribution in [-0.2, 0) is 0 Å². The highest BCUT2D eigenvalue weighted by Crippen LogP contribution is 2.50. The fourth-order valence-corrected chi connectivity index (χ4v) is 20.0. The Hall–Kier alpha value is -16.3. The number of hydrogen-bond donors (Lipinski definition) is 0. The molecule has 0 saturated carbocycles. The normalized spacial score (nSPS) is 12.0. The molecule has 27 rings (SSSR count). The van der Waals surface area contributed by atoms with Crippen molar-refractivity contribution in [1.82, 2.24) is 38.6 Å². The molecular weight excluding hydrogens is 1470 g/mol. The first-order valence-corrected chi connectivity index (χ1v) is 41.2. The van der Waals surface area contributed by atoms with Gasteiger partial charge in [-0.05, 0) is 229 Å². The summed E-state index contributed by atoms with van der Waals surface area (Å²) in [5, 5.41) is 32.1. The van der Waals surface area contributed by atoms with Crippen LogP contribution >= 0.6 is 0 Å². The Balaban J connectivity index is 0.000000101. The summed E-state index contributed by atoms with van der Waals surface area (Å²) in [6, 6.07) is 134. The van der Waals surface area contributed by atoms with Gasteiger partial charge in [0.1, 0.15) is 0 Å². The average Bonchev–Trinajstić information content (AvgIpc) is 1.62. The Labute approximate surface area is 693 Å². The Morgan fingerprint density at radius 3 is 0.901 bits per heavy atom. The second kappa shape index (κ2) is 27.2.